The summed E-state index contributed by atoms with van der Waals surface area (Å²) in [5.74, 6) is -6.10. The molecule has 1 aliphatic rings. The molecule has 3 rings (SSSR count). The lowest BCUT2D eigenvalue weighted by Gasteiger charge is -2.31. The molecule has 3 heterocycles. The van der Waals surface area contributed by atoms with Gasteiger partial charge < -0.3 is 5.32 Å². The van der Waals surface area contributed by atoms with E-state index in [4.69, 9.17) is 0 Å². The number of aromatic nitrogens is 2. The van der Waals surface area contributed by atoms with Crippen LogP contribution in [0.2, 0.25) is 0 Å². The number of anilines is 1. The van der Waals surface area contributed by atoms with Crippen molar-refractivity contribution in [1.29, 1.82) is 0 Å². The highest BCUT2D eigenvalue weighted by atomic mass is 32.1. The molecule has 1 saturated heterocycles. The average molecular weight is 374 g/mol. The molecule has 0 unspecified atom stereocenters. The lowest BCUT2D eigenvalue weighted by Crippen LogP contribution is -2.35. The maximum Gasteiger partial charge on any atom is 0.253 e. The molecule has 0 radical (unpaired) electrons. The fraction of sp³-hybridized carbons (Fsp3) is 0.500. The van der Waals surface area contributed by atoms with Crippen LogP contribution in [0.3, 0.4) is 0 Å². The third-order valence-electron chi connectivity index (χ3n) is 4.32. The van der Waals surface area contributed by atoms with Gasteiger partial charge in [-0.2, -0.15) is 22.5 Å². The van der Waals surface area contributed by atoms with Crippen molar-refractivity contribution < 1.29 is 17.6 Å². The van der Waals surface area contributed by atoms with Crippen molar-refractivity contribution in [1.82, 2.24) is 14.9 Å². The zero-order chi connectivity index (χ0) is 18.0. The Morgan fingerprint density at radius 1 is 1.12 bits per heavy atom. The summed E-state index contributed by atoms with van der Waals surface area (Å²) in [4.78, 5) is 9.26. The number of hydrogen-bond donors (Lipinski definition) is 1. The monoisotopic (exact) mass is 374 g/mol. The Balaban J connectivity index is 1.51. The third kappa shape index (κ3) is 4.27. The van der Waals surface area contributed by atoms with Gasteiger partial charge in [0.1, 0.15) is 5.69 Å². The van der Waals surface area contributed by atoms with Crippen LogP contribution < -0.4 is 5.32 Å². The molecule has 1 fully saturated rings. The fourth-order valence-electron chi connectivity index (χ4n) is 2.95. The molecule has 0 saturated carbocycles. The van der Waals surface area contributed by atoms with Crippen molar-refractivity contribution in [2.75, 3.05) is 25.0 Å². The van der Waals surface area contributed by atoms with Crippen molar-refractivity contribution in [2.45, 2.75) is 26.3 Å². The van der Waals surface area contributed by atoms with Crippen molar-refractivity contribution in [3.63, 3.8) is 0 Å². The summed E-state index contributed by atoms with van der Waals surface area (Å²) in [6.07, 6.45) is 1.66. The maximum absolute atomic E-state index is 13.6. The van der Waals surface area contributed by atoms with Gasteiger partial charge in [0.25, 0.3) is 11.9 Å². The predicted molar refractivity (Wildman–Crippen MR) is 87.4 cm³/mol. The smallest absolute Gasteiger partial charge is 0.253 e. The molecule has 9 heteroatoms. The quantitative estimate of drug-likeness (QED) is 0.640. The highest BCUT2D eigenvalue weighted by Gasteiger charge is 2.23. The number of pyridine rings is 1. The molecule has 0 amide bonds. The fourth-order valence-corrected chi connectivity index (χ4v) is 3.55. The van der Waals surface area contributed by atoms with Crippen LogP contribution in [-0.2, 0) is 6.54 Å². The van der Waals surface area contributed by atoms with Crippen LogP contribution >= 0.6 is 11.3 Å². The van der Waals surface area contributed by atoms with Gasteiger partial charge >= 0.3 is 0 Å². The Hall–Kier alpha value is -1.74. The number of likely N-dealkylation sites (tertiary alicyclic amines) is 1. The number of nitrogens with one attached hydrogen (secondary N) is 1. The first kappa shape index (κ1) is 18.1. The molecular weight excluding hydrogens is 356 g/mol. The molecule has 25 heavy (non-hydrogen) atoms. The number of hydrogen-bond acceptors (Lipinski definition) is 5. The van der Waals surface area contributed by atoms with Crippen LogP contribution in [0.15, 0.2) is 5.38 Å². The van der Waals surface area contributed by atoms with Crippen molar-refractivity contribution in [3.8, 4) is 0 Å². The minimum absolute atomic E-state index is 0.173. The normalized spacial score (nSPS) is 16.4. The number of halogens is 4. The number of rotatable bonds is 5. The topological polar surface area (TPSA) is 41.1 Å². The van der Waals surface area contributed by atoms with E-state index in [2.05, 4.69) is 20.2 Å². The minimum Gasteiger partial charge on any atom is -0.380 e. The van der Waals surface area contributed by atoms with Crippen LogP contribution in [-0.4, -0.2) is 34.5 Å². The van der Waals surface area contributed by atoms with Gasteiger partial charge in [-0.3, -0.25) is 4.90 Å². The molecule has 1 aliphatic heterocycles. The van der Waals surface area contributed by atoms with Crippen molar-refractivity contribution >= 4 is 17.0 Å². The molecule has 0 bridgehead atoms. The van der Waals surface area contributed by atoms with E-state index in [0.717, 1.165) is 43.2 Å². The molecule has 0 atom stereocenters. The number of thiazole rings is 1. The van der Waals surface area contributed by atoms with Crippen molar-refractivity contribution in [3.05, 3.63) is 39.6 Å². The van der Waals surface area contributed by atoms with Gasteiger partial charge in [-0.25, -0.2) is 4.98 Å². The van der Waals surface area contributed by atoms with E-state index in [1.54, 1.807) is 11.3 Å². The third-order valence-corrected chi connectivity index (χ3v) is 5.15. The summed E-state index contributed by atoms with van der Waals surface area (Å²) in [6.45, 7) is 4.68. The molecule has 2 aromatic heterocycles. The molecule has 0 aromatic carbocycles. The minimum atomic E-state index is -1.64. The first-order valence-corrected chi connectivity index (χ1v) is 8.89. The summed E-state index contributed by atoms with van der Waals surface area (Å²) >= 11 is 1.62. The predicted octanol–water partition coefficient (Wildman–Crippen LogP) is 3.73. The second-order valence-corrected chi connectivity index (χ2v) is 7.22. The summed E-state index contributed by atoms with van der Waals surface area (Å²) in [5, 5.41) is 5.58. The van der Waals surface area contributed by atoms with E-state index >= 15 is 0 Å². The largest absolute Gasteiger partial charge is 0.380 e. The Kier molecular flexibility index (Phi) is 5.53. The van der Waals surface area contributed by atoms with E-state index < -0.39 is 29.2 Å². The van der Waals surface area contributed by atoms with Gasteiger partial charge in [-0.1, -0.05) is 0 Å². The summed E-state index contributed by atoms with van der Waals surface area (Å²) in [6, 6.07) is 0. The van der Waals surface area contributed by atoms with Crippen LogP contribution in [0, 0.1) is 36.4 Å². The summed E-state index contributed by atoms with van der Waals surface area (Å²) in [5.41, 5.74) is 0.260. The van der Waals surface area contributed by atoms with Crippen molar-refractivity contribution in [2.24, 2.45) is 5.92 Å². The van der Waals surface area contributed by atoms with Gasteiger partial charge in [-0.05, 0) is 38.8 Å². The number of piperidine rings is 1. The SMILES string of the molecule is Cc1nc(CN2CCC(CNc3c(F)c(F)nc(F)c3F)CC2)cs1. The molecule has 4 nitrogen and oxygen atoms in total. The van der Waals surface area contributed by atoms with E-state index in [0.29, 0.717) is 0 Å². The Bertz CT molecular complexity index is 718. The molecule has 0 spiro atoms. The van der Waals surface area contributed by atoms with E-state index in [1.807, 2.05) is 12.3 Å². The molecule has 136 valence electrons. The highest BCUT2D eigenvalue weighted by Crippen LogP contribution is 2.24. The lowest BCUT2D eigenvalue weighted by molar-refractivity contribution is 0.180. The van der Waals surface area contributed by atoms with Gasteiger partial charge in [-0.15, -0.1) is 11.3 Å². The van der Waals surface area contributed by atoms with Crippen LogP contribution in [0.5, 0.6) is 0 Å². The zero-order valence-corrected chi connectivity index (χ0v) is 14.5. The molecule has 0 aliphatic carbocycles. The van der Waals surface area contributed by atoms with E-state index in [1.165, 1.54) is 0 Å². The van der Waals surface area contributed by atoms with Crippen LogP contribution in [0.1, 0.15) is 23.5 Å². The van der Waals surface area contributed by atoms with Crippen LogP contribution in [0.4, 0.5) is 23.2 Å². The number of nitrogens with zero attached hydrogens (tertiary/aromatic N) is 3. The Labute approximate surface area is 146 Å². The van der Waals surface area contributed by atoms with Gasteiger partial charge in [0.05, 0.1) is 10.7 Å². The standard InChI is InChI=1S/C16H18F4N4S/c1-9-22-11(8-25-9)7-24-4-2-10(3-5-24)6-21-14-12(17)15(19)23-16(20)13(14)18/h8,10H,2-7H2,1H3,(H,21,23). The molecule has 1 N–H and O–H groups in total. The van der Waals surface area contributed by atoms with Gasteiger partial charge in [0.15, 0.2) is 0 Å². The average Bonchev–Trinajstić information content (AvgIpc) is 2.99. The maximum atomic E-state index is 13.6. The molecular formula is C16H18F4N4S. The van der Waals surface area contributed by atoms with E-state index in [9.17, 15) is 17.6 Å². The number of aryl methyl sites for hydroxylation is 1. The summed E-state index contributed by atoms with van der Waals surface area (Å²) < 4.78 is 53.4. The second kappa shape index (κ2) is 7.65. The Morgan fingerprint density at radius 3 is 2.32 bits per heavy atom. The summed E-state index contributed by atoms with van der Waals surface area (Å²) in [7, 11) is 0. The molecule has 2 aromatic rings. The first-order valence-electron chi connectivity index (χ1n) is 8.01. The highest BCUT2D eigenvalue weighted by molar-refractivity contribution is 7.09. The lowest BCUT2D eigenvalue weighted by atomic mass is 9.96. The Morgan fingerprint density at radius 2 is 1.76 bits per heavy atom. The van der Waals surface area contributed by atoms with Gasteiger partial charge in [0.2, 0.25) is 11.6 Å². The second-order valence-electron chi connectivity index (χ2n) is 6.15. The van der Waals surface area contributed by atoms with E-state index in [-0.39, 0.29) is 12.5 Å². The van der Waals surface area contributed by atoms with Crippen LogP contribution in [0.25, 0.3) is 0 Å². The van der Waals surface area contributed by atoms with Gasteiger partial charge in [0, 0.05) is 18.5 Å². The first-order chi connectivity index (χ1) is 11.9. The zero-order valence-electron chi connectivity index (χ0n) is 13.7.